The highest BCUT2D eigenvalue weighted by Crippen LogP contribution is 2.33. The van der Waals surface area contributed by atoms with Crippen LogP contribution in [0.2, 0.25) is 26.2 Å². The summed E-state index contributed by atoms with van der Waals surface area (Å²) in [6.07, 6.45) is 0. The quantitative estimate of drug-likeness (QED) is 0.293. The van der Waals surface area contributed by atoms with Crippen LogP contribution in [0.1, 0.15) is 0 Å². The van der Waals surface area contributed by atoms with Crippen LogP contribution in [-0.4, -0.2) is 15.2 Å². The average Bonchev–Trinajstić information content (AvgIpc) is 3.43. The smallest absolute Gasteiger partial charge is 0.0927 e. The van der Waals surface area contributed by atoms with E-state index in [1.54, 1.807) is 9.00 Å². The molecule has 0 saturated carbocycles. The van der Waals surface area contributed by atoms with Gasteiger partial charge in [-0.3, -0.25) is 0 Å². The Labute approximate surface area is 173 Å². The molecule has 0 aliphatic heterocycles. The van der Waals surface area contributed by atoms with Crippen LogP contribution in [0.25, 0.3) is 19.5 Å². The Balaban J connectivity index is 1.68. The Hall–Kier alpha value is -0.766. The lowest BCUT2D eigenvalue weighted by Crippen LogP contribution is -2.67. The minimum Gasteiger partial charge on any atom is -0.144 e. The summed E-state index contributed by atoms with van der Waals surface area (Å²) in [6, 6.07) is 18.3. The minimum atomic E-state index is -1.54. The molecule has 0 fully saturated rings. The van der Waals surface area contributed by atoms with Gasteiger partial charge < -0.3 is 0 Å². The van der Waals surface area contributed by atoms with E-state index in [1.807, 2.05) is 45.3 Å². The minimum absolute atomic E-state index is 1.40. The van der Waals surface area contributed by atoms with Crippen LogP contribution in [0.4, 0.5) is 0 Å². The van der Waals surface area contributed by atoms with Gasteiger partial charge in [-0.2, -0.15) is 0 Å². The molecule has 0 aliphatic carbocycles. The maximum absolute atomic E-state index is 2.59. The third-order valence-corrected chi connectivity index (χ3v) is 31.1. The molecule has 134 valence electrons. The fourth-order valence-electron chi connectivity index (χ4n) is 3.07. The maximum Gasteiger partial charge on any atom is 0.0927 e. The van der Waals surface area contributed by atoms with Crippen LogP contribution in [0.3, 0.4) is 0 Å². The Bertz CT molecular complexity index is 906. The van der Waals surface area contributed by atoms with Crippen molar-refractivity contribution in [1.29, 1.82) is 0 Å². The summed E-state index contributed by atoms with van der Waals surface area (Å²) in [6.45, 7) is 10.4. The van der Waals surface area contributed by atoms with Crippen molar-refractivity contribution in [1.82, 2.24) is 0 Å². The van der Waals surface area contributed by atoms with E-state index in [-0.39, 0.29) is 0 Å². The van der Waals surface area contributed by atoms with Crippen LogP contribution in [0.5, 0.6) is 0 Å². The molecule has 4 rings (SSSR count). The van der Waals surface area contributed by atoms with Gasteiger partial charge in [0.25, 0.3) is 0 Å². The second kappa shape index (κ2) is 7.00. The van der Waals surface area contributed by atoms with E-state index in [2.05, 4.69) is 85.5 Å². The number of hydrogen-bond acceptors (Lipinski definition) is 4. The van der Waals surface area contributed by atoms with Crippen LogP contribution in [-0.2, 0) is 0 Å². The Morgan fingerprint density at radius 2 is 0.962 bits per heavy atom. The van der Waals surface area contributed by atoms with Crippen molar-refractivity contribution in [2.24, 2.45) is 0 Å². The third kappa shape index (κ3) is 3.17. The number of rotatable bonds is 5. The first-order valence-electron chi connectivity index (χ1n) is 8.68. The number of thiophene rings is 4. The second-order valence-electron chi connectivity index (χ2n) is 7.53. The van der Waals surface area contributed by atoms with Crippen molar-refractivity contribution in [2.45, 2.75) is 26.2 Å². The Morgan fingerprint density at radius 3 is 1.31 bits per heavy atom. The molecule has 0 bridgehead atoms. The van der Waals surface area contributed by atoms with E-state index in [4.69, 9.17) is 0 Å². The molecule has 0 unspecified atom stereocenters. The number of hydrogen-bond donors (Lipinski definition) is 0. The third-order valence-electron chi connectivity index (χ3n) is 5.53. The largest absolute Gasteiger partial charge is 0.144 e. The van der Waals surface area contributed by atoms with Gasteiger partial charge in [0.1, 0.15) is 0 Å². The molecule has 4 heterocycles. The molecule has 0 aliphatic rings. The van der Waals surface area contributed by atoms with E-state index >= 15 is 0 Å². The van der Waals surface area contributed by atoms with Gasteiger partial charge in [-0.05, 0) is 44.0 Å². The highest BCUT2D eigenvalue weighted by molar-refractivity contribution is 7.59. The summed E-state index contributed by atoms with van der Waals surface area (Å²) in [4.78, 5) is 5.68. The van der Waals surface area contributed by atoms with Crippen LogP contribution in [0.15, 0.2) is 59.3 Å². The zero-order chi connectivity index (χ0) is 18.4. The zero-order valence-corrected chi connectivity index (χ0v) is 20.7. The molecule has 0 aromatic carbocycles. The normalized spacial score (nSPS) is 12.6. The average molecular weight is 447 g/mol. The highest BCUT2D eigenvalue weighted by Gasteiger charge is 2.45. The van der Waals surface area contributed by atoms with Crippen molar-refractivity contribution < 1.29 is 0 Å². The Morgan fingerprint density at radius 1 is 0.538 bits per heavy atom. The summed E-state index contributed by atoms with van der Waals surface area (Å²) in [5.41, 5.74) is 0. The van der Waals surface area contributed by atoms with Gasteiger partial charge in [-0.1, -0.05) is 50.5 Å². The summed E-state index contributed by atoms with van der Waals surface area (Å²) in [7, 11) is -3.07. The molecule has 0 atom stereocenters. The lowest BCUT2D eigenvalue weighted by Gasteiger charge is -2.36. The van der Waals surface area contributed by atoms with Gasteiger partial charge in [-0.15, -0.1) is 45.3 Å². The van der Waals surface area contributed by atoms with Crippen molar-refractivity contribution in [3.63, 3.8) is 0 Å². The molecule has 0 nitrogen and oxygen atoms in total. The molecule has 4 aromatic heterocycles. The first-order valence-corrected chi connectivity index (χ1v) is 19.1. The molecule has 26 heavy (non-hydrogen) atoms. The summed E-state index contributed by atoms with van der Waals surface area (Å²) in [5, 5.41) is 4.35. The van der Waals surface area contributed by atoms with E-state index in [1.165, 1.54) is 19.5 Å². The monoisotopic (exact) mass is 446 g/mol. The first-order chi connectivity index (χ1) is 12.4. The molecule has 0 N–H and O–H groups in total. The van der Waals surface area contributed by atoms with Gasteiger partial charge in [0.15, 0.2) is 0 Å². The standard InChI is InChI=1S/C20H22S4Si2/c1-25(2,19-11-9-17(23-19)15-7-5-13-21-15)26(3,4)20-12-10-18(24-20)16-8-6-14-22-16/h5-14H,1-4H3. The van der Waals surface area contributed by atoms with Crippen LogP contribution < -0.4 is 9.00 Å². The molecule has 6 heteroatoms. The van der Waals surface area contributed by atoms with Gasteiger partial charge in [0.05, 0.1) is 15.2 Å². The highest BCUT2D eigenvalue weighted by atomic mass is 32.1. The van der Waals surface area contributed by atoms with E-state index in [9.17, 15) is 0 Å². The molecule has 0 spiro atoms. The van der Waals surface area contributed by atoms with Gasteiger partial charge in [0.2, 0.25) is 0 Å². The summed E-state index contributed by atoms with van der Waals surface area (Å²) < 4.78 is 3.31. The van der Waals surface area contributed by atoms with Crippen molar-refractivity contribution in [3.05, 3.63) is 59.3 Å². The fourth-order valence-corrected chi connectivity index (χ4v) is 20.9. The predicted octanol–water partition coefficient (Wildman–Crippen LogP) is 6.88. The predicted molar refractivity (Wildman–Crippen MR) is 129 cm³/mol. The van der Waals surface area contributed by atoms with Gasteiger partial charge in [0, 0.05) is 19.5 Å². The van der Waals surface area contributed by atoms with Crippen LogP contribution >= 0.6 is 45.3 Å². The lowest BCUT2D eigenvalue weighted by atomic mass is 10.4. The van der Waals surface area contributed by atoms with E-state index < -0.39 is 15.2 Å². The molecule has 0 amide bonds. The fraction of sp³-hybridized carbons (Fsp3) is 0.200. The Kier molecular flexibility index (Phi) is 5.00. The van der Waals surface area contributed by atoms with E-state index in [0.717, 1.165) is 0 Å². The maximum atomic E-state index is 2.59. The lowest BCUT2D eigenvalue weighted by molar-refractivity contribution is 1.81. The molecule has 0 saturated heterocycles. The van der Waals surface area contributed by atoms with Crippen molar-refractivity contribution in [2.75, 3.05) is 0 Å². The second-order valence-corrected chi connectivity index (χ2v) is 27.4. The van der Waals surface area contributed by atoms with Crippen LogP contribution in [0, 0.1) is 0 Å². The topological polar surface area (TPSA) is 0 Å². The van der Waals surface area contributed by atoms with Crippen molar-refractivity contribution in [3.8, 4) is 19.5 Å². The van der Waals surface area contributed by atoms with Gasteiger partial charge >= 0.3 is 0 Å². The molecular weight excluding hydrogens is 425 g/mol. The molecular formula is C20H22S4Si2. The zero-order valence-electron chi connectivity index (χ0n) is 15.4. The summed E-state index contributed by atoms with van der Waals surface area (Å²) >= 11 is 7.77. The SMILES string of the molecule is C[Si](C)(c1ccc(-c2cccs2)s1)[Si](C)(C)c1ccc(-c2cccs2)s1. The summed E-state index contributed by atoms with van der Waals surface area (Å²) in [5.74, 6) is 0. The van der Waals surface area contributed by atoms with E-state index in [0.29, 0.717) is 0 Å². The molecule has 4 aromatic rings. The molecule has 0 radical (unpaired) electrons. The first kappa shape index (κ1) is 18.6. The van der Waals surface area contributed by atoms with Gasteiger partial charge in [-0.25, -0.2) is 0 Å². The van der Waals surface area contributed by atoms with Crippen molar-refractivity contribution >= 4 is 69.5 Å².